The van der Waals surface area contributed by atoms with E-state index in [9.17, 15) is 14.7 Å². The predicted octanol–water partition coefficient (Wildman–Crippen LogP) is 3.81. The molecule has 6 heterocycles. The number of carbonyl (C=O) groups is 2. The van der Waals surface area contributed by atoms with Gasteiger partial charge in [-0.2, -0.15) is 0 Å². The van der Waals surface area contributed by atoms with Gasteiger partial charge in [-0.05, 0) is 62.3 Å². The van der Waals surface area contributed by atoms with Gasteiger partial charge < -0.3 is 19.8 Å². The van der Waals surface area contributed by atoms with Gasteiger partial charge in [0.1, 0.15) is 21.2 Å². The number of hydrogen-bond acceptors (Lipinski definition) is 9. The van der Waals surface area contributed by atoms with E-state index >= 15 is 0 Å². The van der Waals surface area contributed by atoms with Crippen molar-refractivity contribution < 1.29 is 14.7 Å². The first-order valence-corrected chi connectivity index (χ1v) is 17.6. The highest BCUT2D eigenvalue weighted by atomic mass is 32.1. The van der Waals surface area contributed by atoms with Crippen molar-refractivity contribution in [3.8, 4) is 10.6 Å². The van der Waals surface area contributed by atoms with Crippen molar-refractivity contribution in [1.82, 2.24) is 24.7 Å². The lowest BCUT2D eigenvalue weighted by Gasteiger charge is -2.44. The van der Waals surface area contributed by atoms with Crippen LogP contribution in [0.25, 0.3) is 16.8 Å². The minimum absolute atomic E-state index is 0.0352. The minimum Gasteiger partial charge on any atom is -0.388 e. The number of amides is 2. The average Bonchev–Trinajstić information content (AvgIpc) is 3.71. The Bertz CT molecular complexity index is 1850. The zero-order chi connectivity index (χ0) is 31.8. The van der Waals surface area contributed by atoms with E-state index in [1.807, 2.05) is 59.4 Å². The molecule has 0 unspecified atom stereocenters. The van der Waals surface area contributed by atoms with E-state index in [0.717, 1.165) is 31.7 Å². The molecule has 1 N–H and O–H groups in total. The van der Waals surface area contributed by atoms with Gasteiger partial charge in [0.25, 0.3) is 5.91 Å². The van der Waals surface area contributed by atoms with E-state index in [-0.39, 0.29) is 23.7 Å². The fourth-order valence-electron chi connectivity index (χ4n) is 6.87. The van der Waals surface area contributed by atoms with Crippen molar-refractivity contribution in [3.05, 3.63) is 91.8 Å². The van der Waals surface area contributed by atoms with Crippen LogP contribution in [-0.4, -0.2) is 86.6 Å². The Kier molecular flexibility index (Phi) is 8.48. The summed E-state index contributed by atoms with van der Waals surface area (Å²) in [6.45, 7) is 6.88. The van der Waals surface area contributed by atoms with Gasteiger partial charge in [-0.15, -0.1) is 22.7 Å². The molecule has 0 saturated carbocycles. The number of aryl methyl sites for hydroxylation is 2. The number of thiophene rings is 1. The first-order chi connectivity index (χ1) is 22.3. The number of pyridine rings is 1. The number of benzene rings is 1. The second-order valence-corrected chi connectivity index (χ2v) is 14.6. The topological polar surface area (TPSA) is 102 Å². The molecule has 1 aromatic carbocycles. The first-order valence-electron chi connectivity index (χ1n) is 15.9. The van der Waals surface area contributed by atoms with Crippen LogP contribution in [0.4, 0.5) is 0 Å². The third kappa shape index (κ3) is 6.23. The summed E-state index contributed by atoms with van der Waals surface area (Å²) in [7, 11) is 0. The molecule has 0 spiro atoms. The van der Waals surface area contributed by atoms with Crippen LogP contribution >= 0.6 is 22.7 Å². The van der Waals surface area contributed by atoms with Crippen molar-refractivity contribution in [2.75, 3.05) is 39.4 Å². The average molecular weight is 655 g/mol. The monoisotopic (exact) mass is 654 g/mol. The molecule has 11 heteroatoms. The molecule has 0 aliphatic carbocycles. The number of likely N-dealkylation sites (tertiary alicyclic amines) is 2. The Balaban J connectivity index is 1.04. The van der Waals surface area contributed by atoms with Crippen LogP contribution in [0.3, 0.4) is 0 Å². The molecule has 9 nitrogen and oxygen atoms in total. The summed E-state index contributed by atoms with van der Waals surface area (Å²) in [5, 5.41) is 15.4. The molecule has 3 aliphatic heterocycles. The molecule has 46 heavy (non-hydrogen) atoms. The van der Waals surface area contributed by atoms with E-state index in [2.05, 4.69) is 39.3 Å². The number of β-amino-alcohol motifs (C(OH)–C–C–N with tert-alkyl or cyclic N) is 1. The maximum Gasteiger partial charge on any atom is 0.265 e. The zero-order valence-electron chi connectivity index (χ0n) is 26.1. The Morgan fingerprint density at radius 2 is 1.83 bits per heavy atom. The van der Waals surface area contributed by atoms with Crippen LogP contribution in [0.15, 0.2) is 65.1 Å². The molecule has 3 aliphatic rings. The van der Waals surface area contributed by atoms with Crippen LogP contribution in [-0.2, 0) is 4.79 Å². The van der Waals surface area contributed by atoms with Crippen molar-refractivity contribution in [2.24, 2.45) is 10.9 Å². The highest BCUT2D eigenvalue weighted by Crippen LogP contribution is 2.37. The quantitative estimate of drug-likeness (QED) is 0.340. The number of fused-ring (bicyclic) bond motifs is 1. The predicted molar refractivity (Wildman–Crippen MR) is 180 cm³/mol. The van der Waals surface area contributed by atoms with Gasteiger partial charge in [0.05, 0.1) is 11.3 Å². The lowest BCUT2D eigenvalue weighted by molar-refractivity contribution is -0.142. The molecular weight excluding hydrogens is 617 g/mol. The number of carbonyl (C=O) groups excluding carboxylic acids is 2. The summed E-state index contributed by atoms with van der Waals surface area (Å²) in [5.41, 5.74) is 2.75. The third-order valence-electron chi connectivity index (χ3n) is 9.49. The molecule has 2 amide bonds. The maximum atomic E-state index is 14.1. The number of hydrogen-bond donors (Lipinski definition) is 1. The van der Waals surface area contributed by atoms with Crippen LogP contribution in [0.1, 0.15) is 51.8 Å². The molecule has 2 atom stereocenters. The molecule has 0 radical (unpaired) electrons. The second-order valence-electron chi connectivity index (χ2n) is 12.7. The fourth-order valence-corrected chi connectivity index (χ4v) is 8.62. The summed E-state index contributed by atoms with van der Waals surface area (Å²) in [5.74, 6) is -0.271. The van der Waals surface area contributed by atoms with Crippen LogP contribution in [0.5, 0.6) is 0 Å². The number of thiazole rings is 1. The molecular formula is C35H38N6O3S2. The number of rotatable bonds is 6. The molecule has 238 valence electrons. The van der Waals surface area contributed by atoms with E-state index in [0.29, 0.717) is 69.2 Å². The Morgan fingerprint density at radius 3 is 2.59 bits per heavy atom. The van der Waals surface area contributed by atoms with Gasteiger partial charge in [0, 0.05) is 73.4 Å². The summed E-state index contributed by atoms with van der Waals surface area (Å²) in [6, 6.07) is 16.1. The van der Waals surface area contributed by atoms with Crippen LogP contribution in [0.2, 0.25) is 0 Å². The smallest absolute Gasteiger partial charge is 0.265 e. The number of aliphatic hydroxyl groups is 1. The largest absolute Gasteiger partial charge is 0.388 e. The SMILES string of the molecule is Cc1ccc(-c2nc(C)c(C(=O)N3CC[C@@H](C(=O)N4CCC(O)(CN5C=c6ccsc6=NC5)CC4)[C@H](c4ccccc4)C3)s2)cn1. The van der Waals surface area contributed by atoms with Gasteiger partial charge in [0.15, 0.2) is 0 Å². The number of piperidine rings is 2. The summed E-state index contributed by atoms with van der Waals surface area (Å²) < 4.78 is 1.04. The van der Waals surface area contributed by atoms with E-state index in [1.54, 1.807) is 17.5 Å². The molecule has 4 aromatic rings. The zero-order valence-corrected chi connectivity index (χ0v) is 27.8. The van der Waals surface area contributed by atoms with Gasteiger partial charge in [-0.25, -0.2) is 4.98 Å². The van der Waals surface area contributed by atoms with E-state index < -0.39 is 5.60 Å². The molecule has 7 rings (SSSR count). The van der Waals surface area contributed by atoms with Crippen molar-refractivity contribution in [3.63, 3.8) is 0 Å². The number of nitrogens with zero attached hydrogens (tertiary/aromatic N) is 6. The highest BCUT2D eigenvalue weighted by molar-refractivity contribution is 7.17. The third-order valence-corrected chi connectivity index (χ3v) is 11.5. The molecule has 3 aromatic heterocycles. The van der Waals surface area contributed by atoms with Crippen molar-refractivity contribution in [2.45, 2.75) is 44.6 Å². The van der Waals surface area contributed by atoms with Gasteiger partial charge >= 0.3 is 0 Å². The minimum atomic E-state index is -0.870. The summed E-state index contributed by atoms with van der Waals surface area (Å²) >= 11 is 3.04. The Morgan fingerprint density at radius 1 is 1.02 bits per heavy atom. The van der Waals surface area contributed by atoms with Gasteiger partial charge in [0.2, 0.25) is 5.91 Å². The molecule has 2 saturated heterocycles. The summed E-state index contributed by atoms with van der Waals surface area (Å²) in [4.78, 5) is 48.3. The first kappa shape index (κ1) is 30.7. The Hall–Kier alpha value is -3.93. The van der Waals surface area contributed by atoms with Gasteiger partial charge in [-0.1, -0.05) is 30.3 Å². The van der Waals surface area contributed by atoms with Crippen molar-refractivity contribution >= 4 is 40.7 Å². The van der Waals surface area contributed by atoms with Crippen LogP contribution < -0.4 is 9.89 Å². The van der Waals surface area contributed by atoms with E-state index in [1.165, 1.54) is 11.3 Å². The second kappa shape index (κ2) is 12.7. The lowest BCUT2D eigenvalue weighted by atomic mass is 9.79. The lowest BCUT2D eigenvalue weighted by Crippen LogP contribution is -2.54. The molecule has 0 bridgehead atoms. The standard InChI is InChI=1S/C35H38N6O3S2/c1-23-8-9-26(18-36-23)32-38-24(2)30(46-32)34(43)41-14-10-28(29(20-41)25-6-4-3-5-7-25)33(42)40-15-12-35(44,13-16-40)21-39-19-27-11-17-45-31(27)37-22-39/h3-9,11,17-19,28-29,44H,10,12-16,20-22H2,1-2H3/t28-,29+/m1/s1. The normalized spacial score (nSPS) is 20.9. The number of aromatic nitrogens is 2. The molecule has 2 fully saturated rings. The fraction of sp³-hybridized carbons (Fsp3) is 0.400. The Labute approximate surface area is 276 Å². The van der Waals surface area contributed by atoms with Gasteiger partial charge in [-0.3, -0.25) is 19.6 Å². The van der Waals surface area contributed by atoms with E-state index in [4.69, 9.17) is 4.98 Å². The maximum absolute atomic E-state index is 14.1. The van der Waals surface area contributed by atoms with Crippen molar-refractivity contribution in [1.29, 1.82) is 0 Å². The summed E-state index contributed by atoms with van der Waals surface area (Å²) in [6.07, 6.45) is 5.52. The highest BCUT2D eigenvalue weighted by Gasteiger charge is 2.42. The van der Waals surface area contributed by atoms with Crippen LogP contribution in [0, 0.1) is 19.8 Å².